The minimum absolute atomic E-state index is 0.0359. The Kier molecular flexibility index (Phi) is 4.77. The molecule has 13 heteroatoms. The van der Waals surface area contributed by atoms with Gasteiger partial charge in [-0.3, -0.25) is 9.13 Å². The molecular weight excluding hydrogens is 415 g/mol. The summed E-state index contributed by atoms with van der Waals surface area (Å²) in [5.74, 6) is -1.02. The maximum atomic E-state index is 14.7. The van der Waals surface area contributed by atoms with E-state index in [1.54, 1.807) is 13.8 Å². The van der Waals surface area contributed by atoms with Crippen molar-refractivity contribution in [2.24, 2.45) is 0 Å². The van der Waals surface area contributed by atoms with Crippen LogP contribution in [0.3, 0.4) is 0 Å². The standard InChI is InChI=1S/C16H20F3N5O4S/c1-3-23-9-6-8(17)11(29(26,27)22-16(2)4-5-16)7-10(9)24(15(23)25)14-21-20-13(28-14)12(18)19/h6-7,12-14,20-22H,3-5H2,1-2H3. The molecule has 1 saturated carbocycles. The smallest absolute Gasteiger partial charge is 0.318 e. The van der Waals surface area contributed by atoms with Crippen LogP contribution >= 0.6 is 0 Å². The largest absolute Gasteiger partial charge is 0.332 e. The highest BCUT2D eigenvalue weighted by atomic mass is 32.2. The number of halogens is 3. The molecule has 2 heterocycles. The number of hydrogen-bond acceptors (Lipinski definition) is 6. The van der Waals surface area contributed by atoms with Crippen LogP contribution in [0.4, 0.5) is 13.2 Å². The van der Waals surface area contributed by atoms with E-state index in [0.717, 1.165) is 16.7 Å². The summed E-state index contributed by atoms with van der Waals surface area (Å²) in [6.45, 7) is 3.51. The molecule has 2 atom stereocenters. The van der Waals surface area contributed by atoms with Gasteiger partial charge in [0.1, 0.15) is 10.7 Å². The number of rotatable bonds is 6. The van der Waals surface area contributed by atoms with E-state index < -0.39 is 51.0 Å². The van der Waals surface area contributed by atoms with Gasteiger partial charge in [0.05, 0.1) is 11.0 Å². The Morgan fingerprint density at radius 1 is 1.31 bits per heavy atom. The highest BCUT2D eigenvalue weighted by molar-refractivity contribution is 7.89. The molecule has 1 saturated heterocycles. The molecular formula is C16H20F3N5O4S. The monoisotopic (exact) mass is 435 g/mol. The molecule has 1 aromatic heterocycles. The van der Waals surface area contributed by atoms with Crippen molar-refractivity contribution in [1.29, 1.82) is 0 Å². The van der Waals surface area contributed by atoms with Gasteiger partial charge in [-0.25, -0.2) is 42.0 Å². The predicted molar refractivity (Wildman–Crippen MR) is 96.0 cm³/mol. The minimum atomic E-state index is -4.20. The number of aromatic nitrogens is 2. The number of nitrogens with zero attached hydrogens (tertiary/aromatic N) is 2. The maximum absolute atomic E-state index is 14.7. The van der Waals surface area contributed by atoms with Crippen LogP contribution in [0.2, 0.25) is 0 Å². The lowest BCUT2D eigenvalue weighted by Crippen LogP contribution is -2.37. The fourth-order valence-corrected chi connectivity index (χ4v) is 4.84. The highest BCUT2D eigenvalue weighted by Crippen LogP contribution is 2.36. The molecule has 29 heavy (non-hydrogen) atoms. The average Bonchev–Trinajstić information content (AvgIpc) is 3.05. The average molecular weight is 435 g/mol. The molecule has 2 unspecified atom stereocenters. The van der Waals surface area contributed by atoms with Gasteiger partial charge in [-0.05, 0) is 32.8 Å². The first-order valence-electron chi connectivity index (χ1n) is 8.99. The molecule has 4 rings (SSSR count). The quantitative estimate of drug-likeness (QED) is 0.624. The van der Waals surface area contributed by atoms with E-state index in [1.165, 1.54) is 4.57 Å². The molecule has 0 bridgehead atoms. The van der Waals surface area contributed by atoms with Crippen molar-refractivity contribution >= 4 is 21.1 Å². The number of ether oxygens (including phenoxy) is 1. The van der Waals surface area contributed by atoms with Crippen LogP contribution in [0.25, 0.3) is 11.0 Å². The van der Waals surface area contributed by atoms with Gasteiger partial charge in [-0.15, -0.1) is 0 Å². The van der Waals surface area contributed by atoms with E-state index >= 15 is 0 Å². The number of fused-ring (bicyclic) bond motifs is 1. The summed E-state index contributed by atoms with van der Waals surface area (Å²) in [6.07, 6.45) is -4.58. The summed E-state index contributed by atoms with van der Waals surface area (Å²) >= 11 is 0. The molecule has 0 amide bonds. The molecule has 0 radical (unpaired) electrons. The molecule has 1 aliphatic carbocycles. The first-order chi connectivity index (χ1) is 13.6. The molecule has 0 spiro atoms. The summed E-state index contributed by atoms with van der Waals surface area (Å²) in [5, 5.41) is 0. The Balaban J connectivity index is 1.86. The van der Waals surface area contributed by atoms with Crippen LogP contribution in [0.1, 0.15) is 33.0 Å². The van der Waals surface area contributed by atoms with Crippen molar-refractivity contribution in [2.45, 2.75) is 62.7 Å². The van der Waals surface area contributed by atoms with E-state index in [9.17, 15) is 26.4 Å². The minimum Gasteiger partial charge on any atom is -0.318 e. The first kappa shape index (κ1) is 20.3. The van der Waals surface area contributed by atoms with Crippen molar-refractivity contribution in [3.63, 3.8) is 0 Å². The predicted octanol–water partition coefficient (Wildman–Crippen LogP) is 0.964. The zero-order valence-corrected chi connectivity index (χ0v) is 16.4. The van der Waals surface area contributed by atoms with Crippen LogP contribution in [0.5, 0.6) is 0 Å². The number of hydrazine groups is 1. The summed E-state index contributed by atoms with van der Waals surface area (Å²) in [5.41, 5.74) is 3.53. The van der Waals surface area contributed by atoms with Gasteiger partial charge in [-0.2, -0.15) is 0 Å². The Morgan fingerprint density at radius 2 is 2.00 bits per heavy atom. The second-order valence-electron chi connectivity index (χ2n) is 7.37. The van der Waals surface area contributed by atoms with Crippen molar-refractivity contribution in [1.82, 2.24) is 24.7 Å². The Labute approximate surface area is 163 Å². The van der Waals surface area contributed by atoms with Crippen LogP contribution in [-0.2, 0) is 21.3 Å². The third kappa shape index (κ3) is 3.46. The van der Waals surface area contributed by atoms with E-state index in [2.05, 4.69) is 15.6 Å². The second-order valence-corrected chi connectivity index (χ2v) is 9.02. The van der Waals surface area contributed by atoms with E-state index in [0.29, 0.717) is 12.8 Å². The van der Waals surface area contributed by atoms with Gasteiger partial charge >= 0.3 is 5.69 Å². The molecule has 2 fully saturated rings. The van der Waals surface area contributed by atoms with Crippen molar-refractivity contribution in [3.8, 4) is 0 Å². The van der Waals surface area contributed by atoms with E-state index in [-0.39, 0.29) is 17.6 Å². The maximum Gasteiger partial charge on any atom is 0.332 e. The Hall–Kier alpha value is -1.93. The first-order valence-corrected chi connectivity index (χ1v) is 10.5. The third-order valence-corrected chi connectivity index (χ3v) is 6.74. The van der Waals surface area contributed by atoms with Gasteiger partial charge in [0.25, 0.3) is 6.43 Å². The van der Waals surface area contributed by atoms with E-state index in [1.807, 2.05) is 0 Å². The van der Waals surface area contributed by atoms with Gasteiger partial charge in [0.2, 0.25) is 16.4 Å². The highest BCUT2D eigenvalue weighted by Gasteiger charge is 2.42. The molecule has 9 nitrogen and oxygen atoms in total. The molecule has 1 aliphatic heterocycles. The number of hydrogen-bond donors (Lipinski definition) is 3. The lowest BCUT2D eigenvalue weighted by molar-refractivity contribution is -0.0808. The number of aryl methyl sites for hydroxylation is 1. The number of sulfonamides is 1. The normalized spacial score (nSPS) is 23.9. The van der Waals surface area contributed by atoms with Gasteiger partial charge in [0, 0.05) is 18.2 Å². The third-order valence-electron chi connectivity index (χ3n) is 5.09. The second kappa shape index (κ2) is 6.80. The lowest BCUT2D eigenvalue weighted by atomic mass is 10.3. The molecule has 1 aromatic carbocycles. The number of alkyl halides is 2. The van der Waals surface area contributed by atoms with Crippen molar-refractivity contribution in [3.05, 3.63) is 28.4 Å². The summed E-state index contributed by atoms with van der Waals surface area (Å²) < 4.78 is 75.6. The fraction of sp³-hybridized carbons (Fsp3) is 0.562. The molecule has 160 valence electrons. The van der Waals surface area contributed by atoms with Crippen molar-refractivity contribution < 1.29 is 26.3 Å². The van der Waals surface area contributed by atoms with Crippen LogP contribution in [0.15, 0.2) is 21.8 Å². The van der Waals surface area contributed by atoms with E-state index in [4.69, 9.17) is 4.74 Å². The SMILES string of the molecule is CCn1c(=O)n(C2NNC(C(F)F)O2)c2cc(S(=O)(=O)NC3(C)CC3)c(F)cc21. The van der Waals surface area contributed by atoms with Crippen molar-refractivity contribution in [2.75, 3.05) is 0 Å². The van der Waals surface area contributed by atoms with Crippen LogP contribution < -0.4 is 21.3 Å². The van der Waals surface area contributed by atoms with Gasteiger partial charge in [-0.1, -0.05) is 0 Å². The molecule has 2 aromatic rings. The number of imidazole rings is 1. The zero-order chi connectivity index (χ0) is 21.1. The summed E-state index contributed by atoms with van der Waals surface area (Å²) in [7, 11) is -4.20. The van der Waals surface area contributed by atoms with Gasteiger partial charge < -0.3 is 4.74 Å². The van der Waals surface area contributed by atoms with Gasteiger partial charge in [0.15, 0.2) is 6.23 Å². The Bertz CT molecular complexity index is 1130. The fourth-order valence-electron chi connectivity index (χ4n) is 3.29. The number of nitrogens with one attached hydrogen (secondary N) is 3. The molecule has 2 aliphatic rings. The lowest BCUT2D eigenvalue weighted by Gasteiger charge is -2.15. The topological polar surface area (TPSA) is 106 Å². The summed E-state index contributed by atoms with van der Waals surface area (Å²) in [6, 6.07) is 1.97. The van der Waals surface area contributed by atoms with Crippen LogP contribution in [0, 0.1) is 5.82 Å². The zero-order valence-electron chi connectivity index (χ0n) is 15.6. The molecule has 3 N–H and O–H groups in total. The van der Waals surface area contributed by atoms with Crippen LogP contribution in [-0.4, -0.2) is 35.7 Å². The summed E-state index contributed by atoms with van der Waals surface area (Å²) in [4.78, 5) is 12.2. The number of benzene rings is 1. The Morgan fingerprint density at radius 3 is 2.55 bits per heavy atom.